The summed E-state index contributed by atoms with van der Waals surface area (Å²) in [5, 5.41) is 0. The smallest absolute Gasteiger partial charge is 0.159 e. The summed E-state index contributed by atoms with van der Waals surface area (Å²) in [4.78, 5) is 14.4. The van der Waals surface area contributed by atoms with Crippen molar-refractivity contribution in [1.29, 1.82) is 0 Å². The van der Waals surface area contributed by atoms with E-state index in [0.29, 0.717) is 22.3 Å². The molecule has 5 atom stereocenters. The molecule has 0 heterocycles. The number of benzene rings is 1. The summed E-state index contributed by atoms with van der Waals surface area (Å²) >= 11 is 0. The van der Waals surface area contributed by atoms with Crippen molar-refractivity contribution in [3.63, 3.8) is 0 Å². The fraction of sp³-hybridized carbons (Fsp3) is 0.667. The van der Waals surface area contributed by atoms with Crippen molar-refractivity contribution in [2.45, 2.75) is 63.3 Å². The molecule has 1 aromatic carbocycles. The second kappa shape index (κ2) is 3.91. The van der Waals surface area contributed by atoms with Gasteiger partial charge in [-0.3, -0.25) is 4.79 Å². The van der Waals surface area contributed by atoms with Gasteiger partial charge in [0.15, 0.2) is 5.78 Å². The van der Waals surface area contributed by atoms with Crippen molar-refractivity contribution in [3.8, 4) is 0 Å². The van der Waals surface area contributed by atoms with E-state index < -0.39 is 0 Å². The van der Waals surface area contributed by atoms with Crippen LogP contribution in [0.15, 0.2) is 18.2 Å². The summed E-state index contributed by atoms with van der Waals surface area (Å²) in [7, 11) is 4.57. The number of carbonyl (C=O) groups excluding carboxylic acids is 1. The molecule has 3 saturated carbocycles. The zero-order chi connectivity index (χ0) is 16.2. The molecule has 0 N–H and O–H groups in total. The van der Waals surface area contributed by atoms with E-state index in [1.54, 1.807) is 12.5 Å². The van der Waals surface area contributed by atoms with Crippen LogP contribution in [0.25, 0.3) is 0 Å². The van der Waals surface area contributed by atoms with Crippen LogP contribution in [0.3, 0.4) is 0 Å². The molecule has 2 nitrogen and oxygen atoms in total. The molecule has 5 rings (SSSR count). The van der Waals surface area contributed by atoms with E-state index in [4.69, 9.17) is 0 Å². The Morgan fingerprint density at radius 3 is 2.52 bits per heavy atom. The standard InChI is InChI=1S/C21H27NO/c1-13(23)14-5-6-15-16(7-14)18-9-20(22(3)4)10-19(2)8-17(15)21(18,11-19)12-20/h5-7,17-18H,8-12H2,1-4H3. The number of carbonyl (C=O) groups is 1. The average molecular weight is 309 g/mol. The molecule has 2 heteroatoms. The first-order valence-corrected chi connectivity index (χ1v) is 9.11. The van der Waals surface area contributed by atoms with Gasteiger partial charge in [-0.25, -0.2) is 0 Å². The predicted octanol–water partition coefficient (Wildman–Crippen LogP) is 4.35. The van der Waals surface area contributed by atoms with E-state index in [1.807, 2.05) is 0 Å². The predicted molar refractivity (Wildman–Crippen MR) is 92.0 cm³/mol. The van der Waals surface area contributed by atoms with Gasteiger partial charge in [-0.1, -0.05) is 19.1 Å². The van der Waals surface area contributed by atoms with E-state index in [-0.39, 0.29) is 5.78 Å². The van der Waals surface area contributed by atoms with Crippen LogP contribution in [0.2, 0.25) is 0 Å². The Morgan fingerprint density at radius 2 is 1.83 bits per heavy atom. The molecular weight excluding hydrogens is 282 g/mol. The summed E-state index contributed by atoms with van der Waals surface area (Å²) in [6, 6.07) is 6.62. The molecule has 0 saturated heterocycles. The van der Waals surface area contributed by atoms with Gasteiger partial charge in [0, 0.05) is 11.1 Å². The van der Waals surface area contributed by atoms with E-state index in [0.717, 1.165) is 11.5 Å². The molecule has 3 fully saturated rings. The molecule has 3 bridgehead atoms. The van der Waals surface area contributed by atoms with E-state index in [2.05, 4.69) is 44.1 Å². The van der Waals surface area contributed by atoms with Gasteiger partial charge >= 0.3 is 0 Å². The molecule has 23 heavy (non-hydrogen) atoms. The number of rotatable bonds is 2. The average Bonchev–Trinajstić information content (AvgIpc) is 2.95. The fourth-order valence-corrected chi connectivity index (χ4v) is 7.44. The minimum absolute atomic E-state index is 0.204. The maximum atomic E-state index is 11.9. The Labute approximate surface area is 139 Å². The van der Waals surface area contributed by atoms with Crippen LogP contribution in [0.4, 0.5) is 0 Å². The van der Waals surface area contributed by atoms with Crippen LogP contribution >= 0.6 is 0 Å². The van der Waals surface area contributed by atoms with Gasteiger partial charge in [-0.2, -0.15) is 0 Å². The minimum atomic E-state index is 0.204. The lowest BCUT2D eigenvalue weighted by molar-refractivity contribution is 0.0423. The molecule has 4 aliphatic rings. The molecule has 1 aromatic rings. The SMILES string of the molecule is CC(=O)c1ccc2c(c1)C1CC3(N(C)C)CC4(C)CC2C1(C4)C3. The van der Waals surface area contributed by atoms with Crippen molar-refractivity contribution < 1.29 is 4.79 Å². The van der Waals surface area contributed by atoms with Crippen LogP contribution in [0.5, 0.6) is 0 Å². The third-order valence-electron chi connectivity index (χ3n) is 8.03. The van der Waals surface area contributed by atoms with E-state index >= 15 is 0 Å². The quantitative estimate of drug-likeness (QED) is 0.757. The zero-order valence-corrected chi connectivity index (χ0v) is 14.8. The van der Waals surface area contributed by atoms with Gasteiger partial charge in [-0.15, -0.1) is 0 Å². The first-order valence-electron chi connectivity index (χ1n) is 9.11. The highest BCUT2D eigenvalue weighted by atomic mass is 16.1. The molecule has 1 spiro atoms. The molecular formula is C21H27NO. The third-order valence-corrected chi connectivity index (χ3v) is 8.03. The van der Waals surface area contributed by atoms with Gasteiger partial charge < -0.3 is 4.90 Å². The van der Waals surface area contributed by atoms with Crippen LogP contribution in [0, 0.1) is 10.8 Å². The zero-order valence-electron chi connectivity index (χ0n) is 14.8. The van der Waals surface area contributed by atoms with Gasteiger partial charge in [-0.05, 0) is 93.0 Å². The molecule has 0 aliphatic heterocycles. The largest absolute Gasteiger partial charge is 0.304 e. The Bertz CT molecular complexity index is 737. The first kappa shape index (κ1) is 14.2. The Morgan fingerprint density at radius 1 is 1.09 bits per heavy atom. The van der Waals surface area contributed by atoms with Crippen molar-refractivity contribution in [2.24, 2.45) is 10.8 Å². The minimum Gasteiger partial charge on any atom is -0.304 e. The van der Waals surface area contributed by atoms with Crippen molar-refractivity contribution >= 4 is 5.78 Å². The highest BCUT2D eigenvalue weighted by Crippen LogP contribution is 2.80. The Kier molecular flexibility index (Phi) is 2.42. The monoisotopic (exact) mass is 309 g/mol. The summed E-state index contributed by atoms with van der Waals surface area (Å²) in [5.74, 6) is 1.61. The normalized spacial score (nSPS) is 45.6. The summed E-state index contributed by atoms with van der Waals surface area (Å²) < 4.78 is 0. The van der Waals surface area contributed by atoms with Gasteiger partial charge in [0.05, 0.1) is 0 Å². The first-order chi connectivity index (χ1) is 10.8. The topological polar surface area (TPSA) is 20.3 Å². The molecule has 0 radical (unpaired) electrons. The van der Waals surface area contributed by atoms with Gasteiger partial charge in [0.25, 0.3) is 0 Å². The number of Topliss-reactive ketones (excluding diaryl/α,β-unsaturated/α-hetero) is 1. The lowest BCUT2D eigenvalue weighted by Crippen LogP contribution is -2.48. The van der Waals surface area contributed by atoms with Crippen LogP contribution < -0.4 is 0 Å². The summed E-state index contributed by atoms with van der Waals surface area (Å²) in [5.41, 5.74) is 5.39. The lowest BCUT2D eigenvalue weighted by atomic mass is 9.65. The van der Waals surface area contributed by atoms with Crippen molar-refractivity contribution in [2.75, 3.05) is 14.1 Å². The molecule has 4 aliphatic carbocycles. The molecule has 122 valence electrons. The van der Waals surface area contributed by atoms with E-state index in [9.17, 15) is 4.79 Å². The number of fused-ring (bicyclic) bond motifs is 5. The Balaban J connectivity index is 1.71. The number of nitrogens with zero attached hydrogens (tertiary/aromatic N) is 1. The number of hydrogen-bond donors (Lipinski definition) is 0. The summed E-state index contributed by atoms with van der Waals surface area (Å²) in [6.07, 6.45) is 6.76. The Hall–Kier alpha value is -1.15. The van der Waals surface area contributed by atoms with Crippen molar-refractivity contribution in [3.05, 3.63) is 34.9 Å². The number of hydrogen-bond acceptors (Lipinski definition) is 2. The van der Waals surface area contributed by atoms with Crippen LogP contribution in [-0.2, 0) is 0 Å². The highest BCUT2D eigenvalue weighted by Gasteiger charge is 2.72. The fourth-order valence-electron chi connectivity index (χ4n) is 7.44. The van der Waals surface area contributed by atoms with Crippen molar-refractivity contribution in [1.82, 2.24) is 4.90 Å². The maximum Gasteiger partial charge on any atom is 0.159 e. The molecule has 5 unspecified atom stereocenters. The second-order valence-corrected chi connectivity index (χ2v) is 9.61. The van der Waals surface area contributed by atoms with Crippen LogP contribution in [0.1, 0.15) is 79.3 Å². The van der Waals surface area contributed by atoms with Gasteiger partial charge in [0.2, 0.25) is 0 Å². The third kappa shape index (κ3) is 1.52. The second-order valence-electron chi connectivity index (χ2n) is 9.61. The van der Waals surface area contributed by atoms with Crippen LogP contribution in [-0.4, -0.2) is 30.3 Å². The number of ketones is 1. The molecule has 0 aromatic heterocycles. The highest BCUT2D eigenvalue weighted by molar-refractivity contribution is 5.94. The summed E-state index contributed by atoms with van der Waals surface area (Å²) in [6.45, 7) is 4.23. The lowest BCUT2D eigenvalue weighted by Gasteiger charge is -2.47. The van der Waals surface area contributed by atoms with E-state index in [1.165, 1.54) is 37.7 Å². The van der Waals surface area contributed by atoms with Gasteiger partial charge in [0.1, 0.15) is 0 Å². The maximum absolute atomic E-state index is 11.9. The molecule has 0 amide bonds.